The van der Waals surface area contributed by atoms with Gasteiger partial charge in [-0.25, -0.2) is 8.42 Å². The number of carbonyl (C=O) groups is 1. The zero-order chi connectivity index (χ0) is 17.0. The monoisotopic (exact) mass is 355 g/mol. The van der Waals surface area contributed by atoms with Gasteiger partial charge in [0.2, 0.25) is 10.0 Å². The van der Waals surface area contributed by atoms with E-state index in [9.17, 15) is 13.2 Å². The van der Waals surface area contributed by atoms with Crippen molar-refractivity contribution in [3.8, 4) is 5.75 Å². The molecule has 2 aromatic rings. The van der Waals surface area contributed by atoms with Crippen LogP contribution in [0.3, 0.4) is 0 Å². The van der Waals surface area contributed by atoms with Gasteiger partial charge in [-0.2, -0.15) is 0 Å². The number of thioether (sulfide) groups is 1. The molecule has 0 heterocycles. The van der Waals surface area contributed by atoms with Crippen LogP contribution < -0.4 is 9.46 Å². The van der Waals surface area contributed by atoms with Crippen LogP contribution in [-0.2, 0) is 19.6 Å². The first-order chi connectivity index (χ1) is 10.9. The molecule has 6 nitrogen and oxygen atoms in total. The Bertz CT molecular complexity index is 833. The number of hydrogen-bond acceptors (Lipinski definition) is 6. The summed E-state index contributed by atoms with van der Waals surface area (Å²) in [6.07, 6.45) is 1.09. The summed E-state index contributed by atoms with van der Waals surface area (Å²) in [7, 11) is -0.581. The zero-order valence-electron chi connectivity index (χ0n) is 13.0. The first-order valence-electron chi connectivity index (χ1n) is 6.63. The van der Waals surface area contributed by atoms with Crippen molar-refractivity contribution in [2.75, 3.05) is 31.0 Å². The number of hydrogen-bond donors (Lipinski definition) is 1. The van der Waals surface area contributed by atoms with E-state index >= 15 is 0 Å². The Balaban J connectivity index is 2.58. The standard InChI is InChI=1S/C15H17NO5S2/c1-20-14(17)9-22-13-8-12(16-23(3,18)19)10-6-4-5-7-11(10)15(13)21-2/h4-8,16H,9H2,1-3H3. The van der Waals surface area contributed by atoms with Crippen LogP contribution in [0.4, 0.5) is 5.69 Å². The molecular formula is C15H17NO5S2. The molecule has 0 spiro atoms. The third kappa shape index (κ3) is 4.29. The summed E-state index contributed by atoms with van der Waals surface area (Å²) in [6.45, 7) is 0. The minimum atomic E-state index is -3.43. The summed E-state index contributed by atoms with van der Waals surface area (Å²) in [5.74, 6) is 0.320. The van der Waals surface area contributed by atoms with E-state index < -0.39 is 10.0 Å². The van der Waals surface area contributed by atoms with E-state index in [1.807, 2.05) is 18.2 Å². The summed E-state index contributed by atoms with van der Waals surface area (Å²) < 4.78 is 35.8. The smallest absolute Gasteiger partial charge is 0.315 e. The molecule has 0 aliphatic carbocycles. The predicted octanol–water partition coefficient (Wildman–Crippen LogP) is 2.49. The molecule has 0 bridgehead atoms. The molecule has 8 heteroatoms. The molecule has 0 aliphatic rings. The molecule has 1 N–H and O–H groups in total. The van der Waals surface area contributed by atoms with Crippen LogP contribution in [0, 0.1) is 0 Å². The van der Waals surface area contributed by atoms with E-state index in [4.69, 9.17) is 4.74 Å². The van der Waals surface area contributed by atoms with Crippen molar-refractivity contribution < 1.29 is 22.7 Å². The van der Waals surface area contributed by atoms with Gasteiger partial charge in [-0.1, -0.05) is 24.3 Å². The van der Waals surface area contributed by atoms with Crippen LogP contribution in [0.15, 0.2) is 35.2 Å². The van der Waals surface area contributed by atoms with Gasteiger partial charge in [-0.05, 0) is 6.07 Å². The Morgan fingerprint density at radius 1 is 1.22 bits per heavy atom. The Morgan fingerprint density at radius 3 is 2.43 bits per heavy atom. The first kappa shape index (κ1) is 17.4. The number of anilines is 1. The molecule has 0 unspecified atom stereocenters. The van der Waals surface area contributed by atoms with Gasteiger partial charge in [0.05, 0.1) is 36.8 Å². The van der Waals surface area contributed by atoms with Gasteiger partial charge >= 0.3 is 5.97 Å². The number of ether oxygens (including phenoxy) is 2. The molecule has 23 heavy (non-hydrogen) atoms. The number of esters is 1. The van der Waals surface area contributed by atoms with Crippen molar-refractivity contribution in [2.24, 2.45) is 0 Å². The third-order valence-corrected chi connectivity index (χ3v) is 4.62. The molecule has 124 valence electrons. The maximum Gasteiger partial charge on any atom is 0.315 e. The maximum atomic E-state index is 11.6. The Hall–Kier alpha value is -1.93. The lowest BCUT2D eigenvalue weighted by atomic mass is 10.1. The van der Waals surface area contributed by atoms with Crippen LogP contribution in [-0.4, -0.2) is 40.6 Å². The normalized spacial score (nSPS) is 11.3. The SMILES string of the molecule is COC(=O)CSc1cc(NS(C)(=O)=O)c2ccccc2c1OC. The Labute approximate surface area is 139 Å². The van der Waals surface area contributed by atoms with Crippen molar-refractivity contribution in [1.29, 1.82) is 0 Å². The highest BCUT2D eigenvalue weighted by atomic mass is 32.2. The fraction of sp³-hybridized carbons (Fsp3) is 0.267. The molecule has 0 atom stereocenters. The minimum Gasteiger partial charge on any atom is -0.495 e. The molecule has 2 aromatic carbocycles. The van der Waals surface area contributed by atoms with E-state index in [0.717, 1.165) is 17.0 Å². The lowest BCUT2D eigenvalue weighted by molar-refractivity contribution is -0.137. The van der Waals surface area contributed by atoms with Crippen LogP contribution >= 0.6 is 11.8 Å². The van der Waals surface area contributed by atoms with E-state index in [-0.39, 0.29) is 11.7 Å². The topological polar surface area (TPSA) is 81.7 Å². The summed E-state index contributed by atoms with van der Waals surface area (Å²) >= 11 is 1.22. The van der Waals surface area contributed by atoms with Gasteiger partial charge in [-0.3, -0.25) is 9.52 Å². The summed E-state index contributed by atoms with van der Waals surface area (Å²) in [5, 5.41) is 1.48. The zero-order valence-corrected chi connectivity index (χ0v) is 14.6. The average molecular weight is 355 g/mol. The third-order valence-electron chi connectivity index (χ3n) is 3.03. The molecule has 0 saturated carbocycles. The molecule has 0 fully saturated rings. The largest absolute Gasteiger partial charge is 0.495 e. The highest BCUT2D eigenvalue weighted by Gasteiger charge is 2.16. The fourth-order valence-electron chi connectivity index (χ4n) is 2.12. The van der Waals surface area contributed by atoms with Crippen LogP contribution in [0.1, 0.15) is 0 Å². The fourth-order valence-corrected chi connectivity index (χ4v) is 3.61. The minimum absolute atomic E-state index is 0.101. The highest BCUT2D eigenvalue weighted by Crippen LogP contribution is 2.40. The number of rotatable bonds is 6. The average Bonchev–Trinajstić information content (AvgIpc) is 2.51. The second-order valence-corrected chi connectivity index (χ2v) is 7.51. The van der Waals surface area contributed by atoms with Crippen LogP contribution in [0.5, 0.6) is 5.75 Å². The summed E-state index contributed by atoms with van der Waals surface area (Å²) in [6, 6.07) is 8.96. The van der Waals surface area contributed by atoms with Gasteiger partial charge in [0.15, 0.2) is 0 Å². The number of sulfonamides is 1. The van der Waals surface area contributed by atoms with Crippen molar-refractivity contribution >= 4 is 44.2 Å². The number of carbonyl (C=O) groups excluding carboxylic acids is 1. The summed E-state index contributed by atoms with van der Waals surface area (Å²) in [5.41, 5.74) is 0.441. The van der Waals surface area contributed by atoms with E-state index in [1.165, 1.54) is 26.0 Å². The molecule has 0 aromatic heterocycles. The molecule has 2 rings (SSSR count). The molecular weight excluding hydrogens is 338 g/mol. The number of nitrogens with one attached hydrogen (secondary N) is 1. The Morgan fingerprint density at radius 2 is 1.87 bits per heavy atom. The van der Waals surface area contributed by atoms with Gasteiger partial charge in [-0.15, -0.1) is 11.8 Å². The lowest BCUT2D eigenvalue weighted by Gasteiger charge is -2.15. The van der Waals surface area contributed by atoms with Gasteiger partial charge < -0.3 is 9.47 Å². The lowest BCUT2D eigenvalue weighted by Crippen LogP contribution is -2.10. The molecule has 0 radical (unpaired) electrons. The predicted molar refractivity (Wildman–Crippen MR) is 91.7 cm³/mol. The van der Waals surface area contributed by atoms with Gasteiger partial charge in [0.1, 0.15) is 5.75 Å². The van der Waals surface area contributed by atoms with Crippen LogP contribution in [0.25, 0.3) is 10.8 Å². The van der Waals surface area contributed by atoms with Gasteiger partial charge in [0.25, 0.3) is 0 Å². The van der Waals surface area contributed by atoms with E-state index in [0.29, 0.717) is 16.3 Å². The first-order valence-corrected chi connectivity index (χ1v) is 9.50. The number of methoxy groups -OCH3 is 2. The highest BCUT2D eigenvalue weighted by molar-refractivity contribution is 8.00. The second kappa shape index (κ2) is 7.10. The van der Waals surface area contributed by atoms with E-state index in [1.54, 1.807) is 12.1 Å². The molecule has 0 saturated heterocycles. The number of fused-ring (bicyclic) bond motifs is 1. The molecule has 0 amide bonds. The Kier molecular flexibility index (Phi) is 5.38. The maximum absolute atomic E-state index is 11.6. The van der Waals surface area contributed by atoms with Crippen molar-refractivity contribution in [3.63, 3.8) is 0 Å². The van der Waals surface area contributed by atoms with E-state index in [2.05, 4.69) is 9.46 Å². The van der Waals surface area contributed by atoms with Crippen molar-refractivity contribution in [1.82, 2.24) is 0 Å². The van der Waals surface area contributed by atoms with Crippen LogP contribution in [0.2, 0.25) is 0 Å². The van der Waals surface area contributed by atoms with Gasteiger partial charge in [0, 0.05) is 10.8 Å². The summed E-state index contributed by atoms with van der Waals surface area (Å²) in [4.78, 5) is 12.0. The van der Waals surface area contributed by atoms with Crippen molar-refractivity contribution in [2.45, 2.75) is 4.90 Å². The quantitative estimate of drug-likeness (QED) is 0.633. The second-order valence-electron chi connectivity index (χ2n) is 4.74. The molecule has 0 aliphatic heterocycles. The van der Waals surface area contributed by atoms with Crippen molar-refractivity contribution in [3.05, 3.63) is 30.3 Å². The number of benzene rings is 2.